The third-order valence-electron chi connectivity index (χ3n) is 7.38. The minimum atomic E-state index is -0.159. The van der Waals surface area contributed by atoms with E-state index in [4.69, 9.17) is 10.7 Å². The van der Waals surface area contributed by atoms with Crippen LogP contribution in [0.25, 0.3) is 33.1 Å². The Bertz CT molecular complexity index is 1830. The summed E-state index contributed by atoms with van der Waals surface area (Å²) in [6.45, 7) is 3.52. The number of carbonyl (C=O) groups is 1. The lowest BCUT2D eigenvalue weighted by atomic mass is 10.0. The number of H-pyrrole nitrogens is 1. The van der Waals surface area contributed by atoms with Crippen molar-refractivity contribution < 1.29 is 4.79 Å². The maximum Gasteiger partial charge on any atom is 0.252 e. The number of fused-ring (bicyclic) bond motifs is 2. The number of nitrogens with two attached hydrogens (primary N) is 1. The Morgan fingerprint density at radius 1 is 1.05 bits per heavy atom. The van der Waals surface area contributed by atoms with Crippen molar-refractivity contribution in [3.05, 3.63) is 112 Å². The Hall–Kier alpha value is -4.22. The number of halogens is 1. The molecule has 3 aromatic carbocycles. The number of nitrogens with one attached hydrogen (secondary N) is 2. The highest BCUT2D eigenvalue weighted by Gasteiger charge is 2.18. The molecule has 6 rings (SSSR count). The molecule has 3 heterocycles. The first-order chi connectivity index (χ1) is 20.1. The summed E-state index contributed by atoms with van der Waals surface area (Å²) in [5, 5.41) is 4.91. The number of benzene rings is 3. The molecule has 1 aliphatic heterocycles. The minimum Gasteiger partial charge on any atom is -0.360 e. The van der Waals surface area contributed by atoms with E-state index in [0.29, 0.717) is 25.2 Å². The van der Waals surface area contributed by atoms with Crippen molar-refractivity contribution in [2.75, 3.05) is 19.6 Å². The van der Waals surface area contributed by atoms with Crippen LogP contribution in [0, 0.1) is 11.8 Å². The number of rotatable bonds is 6. The fraction of sp³-hybridized carbons (Fsp3) is 0.176. The molecule has 1 aliphatic rings. The summed E-state index contributed by atoms with van der Waals surface area (Å²) in [5.74, 6) is 6.53. The van der Waals surface area contributed by atoms with Crippen molar-refractivity contribution in [3.8, 4) is 23.1 Å². The maximum absolute atomic E-state index is 13.7. The molecule has 5 aromatic rings. The summed E-state index contributed by atoms with van der Waals surface area (Å²) >= 11 is 3.59. The van der Waals surface area contributed by atoms with Gasteiger partial charge in [-0.05, 0) is 47.9 Å². The van der Waals surface area contributed by atoms with E-state index in [9.17, 15) is 4.79 Å². The van der Waals surface area contributed by atoms with E-state index < -0.39 is 0 Å². The molecule has 7 heteroatoms. The predicted octanol–water partition coefficient (Wildman–Crippen LogP) is 6.15. The van der Waals surface area contributed by atoms with Gasteiger partial charge in [-0.15, -0.1) is 0 Å². The Morgan fingerprint density at radius 2 is 1.90 bits per heavy atom. The molecule has 0 bridgehead atoms. The zero-order valence-corrected chi connectivity index (χ0v) is 24.2. The van der Waals surface area contributed by atoms with E-state index in [1.807, 2.05) is 66.9 Å². The van der Waals surface area contributed by atoms with Gasteiger partial charge in [0, 0.05) is 58.7 Å². The van der Waals surface area contributed by atoms with Crippen LogP contribution < -0.4 is 11.1 Å². The molecule has 41 heavy (non-hydrogen) atoms. The molecule has 0 radical (unpaired) electrons. The number of para-hydroxylation sites is 1. The first kappa shape index (κ1) is 27.0. The highest BCUT2D eigenvalue weighted by atomic mass is 79.9. The van der Waals surface area contributed by atoms with Gasteiger partial charge in [0.15, 0.2) is 0 Å². The van der Waals surface area contributed by atoms with Gasteiger partial charge in [0.25, 0.3) is 5.91 Å². The van der Waals surface area contributed by atoms with Crippen molar-refractivity contribution in [2.45, 2.75) is 19.5 Å². The standard InChI is InChI=1S/C34H30BrN5O/c35-26-13-14-31-28(18-26)30(22-37-31)32-19-29(34(41)38-21-24-11-9-23(20-36)10-12-24)27-8-4-6-25(33(27)39-32)7-5-17-40-15-2-1-3-16-40/h1-2,4,6,8-14,18-19,22,37H,3,15-17,20-21,36H2,(H,38,41). The van der Waals surface area contributed by atoms with Crippen LogP contribution in [0.2, 0.25) is 0 Å². The van der Waals surface area contributed by atoms with Gasteiger partial charge in [0.2, 0.25) is 0 Å². The molecule has 0 unspecified atom stereocenters. The van der Waals surface area contributed by atoms with Crippen LogP contribution >= 0.6 is 15.9 Å². The van der Waals surface area contributed by atoms with Gasteiger partial charge in [-0.3, -0.25) is 9.69 Å². The fourth-order valence-corrected chi connectivity index (χ4v) is 5.49. The Kier molecular flexibility index (Phi) is 7.97. The molecule has 0 aliphatic carbocycles. The summed E-state index contributed by atoms with van der Waals surface area (Å²) in [4.78, 5) is 24.5. The van der Waals surface area contributed by atoms with E-state index in [2.05, 4.69) is 61.2 Å². The molecule has 1 amide bonds. The first-order valence-electron chi connectivity index (χ1n) is 13.7. The van der Waals surface area contributed by atoms with Crippen LogP contribution in [-0.2, 0) is 13.1 Å². The first-order valence-corrected chi connectivity index (χ1v) is 14.5. The van der Waals surface area contributed by atoms with Crippen LogP contribution in [0.3, 0.4) is 0 Å². The van der Waals surface area contributed by atoms with Gasteiger partial charge >= 0.3 is 0 Å². The Balaban J connectivity index is 1.40. The van der Waals surface area contributed by atoms with Crippen molar-refractivity contribution in [3.63, 3.8) is 0 Å². The number of carbonyl (C=O) groups excluding carboxylic acids is 1. The van der Waals surface area contributed by atoms with Gasteiger partial charge in [-0.1, -0.05) is 76.3 Å². The number of amides is 1. The van der Waals surface area contributed by atoms with Gasteiger partial charge in [-0.2, -0.15) is 0 Å². The number of nitrogens with zero attached hydrogens (tertiary/aromatic N) is 2. The second kappa shape index (κ2) is 12.1. The molecule has 2 aromatic heterocycles. The Morgan fingerprint density at radius 3 is 2.71 bits per heavy atom. The lowest BCUT2D eigenvalue weighted by Gasteiger charge is -2.19. The number of aromatic nitrogens is 2. The lowest BCUT2D eigenvalue weighted by molar-refractivity contribution is 0.0952. The van der Waals surface area contributed by atoms with E-state index in [0.717, 1.165) is 73.7 Å². The third-order valence-corrected chi connectivity index (χ3v) is 7.88. The monoisotopic (exact) mass is 603 g/mol. The lowest BCUT2D eigenvalue weighted by Crippen LogP contribution is -2.27. The van der Waals surface area contributed by atoms with Crippen LogP contribution in [0.4, 0.5) is 0 Å². The second-order valence-electron chi connectivity index (χ2n) is 10.1. The summed E-state index contributed by atoms with van der Waals surface area (Å²) in [5.41, 5.74) is 12.5. The average molecular weight is 605 g/mol. The van der Waals surface area contributed by atoms with E-state index in [1.165, 1.54) is 0 Å². The van der Waals surface area contributed by atoms with Gasteiger partial charge in [0.05, 0.1) is 28.9 Å². The molecule has 4 N–H and O–H groups in total. The van der Waals surface area contributed by atoms with E-state index in [1.54, 1.807) is 0 Å². The number of hydrogen-bond acceptors (Lipinski definition) is 4. The van der Waals surface area contributed by atoms with Crippen molar-refractivity contribution in [1.82, 2.24) is 20.2 Å². The smallest absolute Gasteiger partial charge is 0.252 e. The molecule has 0 spiro atoms. The van der Waals surface area contributed by atoms with Gasteiger partial charge in [0.1, 0.15) is 0 Å². The predicted molar refractivity (Wildman–Crippen MR) is 169 cm³/mol. The van der Waals surface area contributed by atoms with Crippen LogP contribution in [0.5, 0.6) is 0 Å². The van der Waals surface area contributed by atoms with Crippen molar-refractivity contribution in [1.29, 1.82) is 0 Å². The van der Waals surface area contributed by atoms with Gasteiger partial charge in [-0.25, -0.2) is 4.98 Å². The normalized spacial score (nSPS) is 13.3. The summed E-state index contributed by atoms with van der Waals surface area (Å²) in [6, 6.07) is 21.8. The van der Waals surface area contributed by atoms with Crippen molar-refractivity contribution >= 4 is 43.6 Å². The average Bonchev–Trinajstić information content (AvgIpc) is 3.43. The second-order valence-corrected chi connectivity index (χ2v) is 11.1. The van der Waals surface area contributed by atoms with Crippen LogP contribution in [0.1, 0.15) is 33.5 Å². The summed E-state index contributed by atoms with van der Waals surface area (Å²) < 4.78 is 0.976. The fourth-order valence-electron chi connectivity index (χ4n) is 5.13. The minimum absolute atomic E-state index is 0.159. The molecular weight excluding hydrogens is 574 g/mol. The molecule has 0 saturated heterocycles. The quantitative estimate of drug-likeness (QED) is 0.160. The van der Waals surface area contributed by atoms with Crippen molar-refractivity contribution in [2.24, 2.45) is 5.73 Å². The maximum atomic E-state index is 13.7. The molecule has 204 valence electrons. The number of aromatic amines is 1. The summed E-state index contributed by atoms with van der Waals surface area (Å²) in [6.07, 6.45) is 7.40. The zero-order chi connectivity index (χ0) is 28.2. The van der Waals surface area contributed by atoms with E-state index in [-0.39, 0.29) is 5.91 Å². The highest BCUT2D eigenvalue weighted by molar-refractivity contribution is 9.10. The number of pyridine rings is 1. The zero-order valence-electron chi connectivity index (χ0n) is 22.6. The third kappa shape index (κ3) is 5.96. The topological polar surface area (TPSA) is 87.0 Å². The van der Waals surface area contributed by atoms with Crippen LogP contribution in [-0.4, -0.2) is 40.4 Å². The number of hydrogen-bond donors (Lipinski definition) is 3. The highest BCUT2D eigenvalue weighted by Crippen LogP contribution is 2.33. The van der Waals surface area contributed by atoms with Crippen LogP contribution in [0.15, 0.2) is 89.6 Å². The molecular formula is C34H30BrN5O. The molecule has 0 fully saturated rings. The SMILES string of the molecule is NCc1ccc(CNC(=O)c2cc(-c3c[nH]c4ccc(Br)cc34)nc3c(C#CCN4CC=CCC4)cccc23)cc1. The molecule has 6 nitrogen and oxygen atoms in total. The van der Waals surface area contributed by atoms with Gasteiger partial charge < -0.3 is 16.0 Å². The molecule has 0 atom stereocenters. The Labute approximate surface area is 247 Å². The largest absolute Gasteiger partial charge is 0.360 e. The molecule has 0 saturated carbocycles. The van der Waals surface area contributed by atoms with E-state index >= 15 is 0 Å². The summed E-state index contributed by atoms with van der Waals surface area (Å²) in [7, 11) is 0.